The molecule has 1 saturated heterocycles. The van der Waals surface area contributed by atoms with Crippen molar-refractivity contribution in [3.8, 4) is 0 Å². The number of rotatable bonds is 3. The fraction of sp³-hybridized carbons (Fsp3) is 0.400. The molecule has 0 N–H and O–H groups in total. The number of piperazine rings is 1. The minimum absolute atomic E-state index is 0.0463. The first-order valence-corrected chi connectivity index (χ1v) is 7.56. The van der Waals surface area contributed by atoms with E-state index in [1.54, 1.807) is 31.2 Å². The number of hydrogen-bond acceptors (Lipinski definition) is 5. The van der Waals surface area contributed by atoms with Gasteiger partial charge >= 0.3 is 0 Å². The predicted molar refractivity (Wildman–Crippen MR) is 81.7 cm³/mol. The van der Waals surface area contributed by atoms with Crippen molar-refractivity contribution in [3.63, 3.8) is 0 Å². The molecule has 1 amide bonds. The molecule has 1 aliphatic heterocycles. The summed E-state index contributed by atoms with van der Waals surface area (Å²) in [6.45, 7) is 5.39. The molecule has 0 bridgehead atoms. The van der Waals surface area contributed by atoms with Gasteiger partial charge in [-0.1, -0.05) is 16.8 Å². The Balaban J connectivity index is 1.55. The van der Waals surface area contributed by atoms with Crippen LogP contribution in [0.5, 0.6) is 0 Å². The van der Waals surface area contributed by atoms with E-state index in [9.17, 15) is 4.79 Å². The van der Waals surface area contributed by atoms with Crippen molar-refractivity contribution >= 4 is 17.5 Å². The van der Waals surface area contributed by atoms with Gasteiger partial charge in [-0.25, -0.2) is 0 Å². The lowest BCUT2D eigenvalue weighted by Crippen LogP contribution is -2.48. The zero-order valence-corrected chi connectivity index (χ0v) is 13.1. The van der Waals surface area contributed by atoms with Crippen molar-refractivity contribution in [2.75, 3.05) is 26.2 Å². The van der Waals surface area contributed by atoms with E-state index in [1.165, 1.54) is 0 Å². The molecule has 0 spiro atoms. The normalized spacial score (nSPS) is 16.0. The standard InChI is InChI=1S/C15H17ClN4O2/c1-11-17-14(22-18-11)10-19-6-8-20(9-7-19)15(21)12-2-4-13(16)5-3-12/h2-5H,6-10H2,1H3. The second-order valence-electron chi connectivity index (χ2n) is 5.31. The SMILES string of the molecule is Cc1noc(CN2CCN(C(=O)c3ccc(Cl)cc3)CC2)n1. The van der Waals surface area contributed by atoms with E-state index in [0.717, 1.165) is 13.1 Å². The molecule has 0 atom stereocenters. The lowest BCUT2D eigenvalue weighted by atomic mass is 10.2. The maximum atomic E-state index is 12.4. The minimum Gasteiger partial charge on any atom is -0.338 e. The number of hydrogen-bond donors (Lipinski definition) is 0. The van der Waals surface area contributed by atoms with Crippen LogP contribution in [-0.4, -0.2) is 52.0 Å². The Morgan fingerprint density at radius 2 is 1.91 bits per heavy atom. The second kappa shape index (κ2) is 6.46. The highest BCUT2D eigenvalue weighted by Gasteiger charge is 2.23. The Labute approximate surface area is 133 Å². The maximum Gasteiger partial charge on any atom is 0.253 e. The Hall–Kier alpha value is -1.92. The van der Waals surface area contributed by atoms with E-state index in [0.29, 0.717) is 41.9 Å². The van der Waals surface area contributed by atoms with E-state index in [-0.39, 0.29) is 5.91 Å². The van der Waals surface area contributed by atoms with Crippen LogP contribution in [0.4, 0.5) is 0 Å². The molecule has 1 aromatic carbocycles. The summed E-state index contributed by atoms with van der Waals surface area (Å²) in [7, 11) is 0. The lowest BCUT2D eigenvalue weighted by molar-refractivity contribution is 0.0615. The van der Waals surface area contributed by atoms with Gasteiger partial charge in [-0.05, 0) is 31.2 Å². The van der Waals surface area contributed by atoms with Gasteiger partial charge in [0.2, 0.25) is 5.89 Å². The first kappa shape index (κ1) is 15.0. The summed E-state index contributed by atoms with van der Waals surface area (Å²) in [5.41, 5.74) is 0.672. The minimum atomic E-state index is 0.0463. The van der Waals surface area contributed by atoms with E-state index in [1.807, 2.05) is 4.90 Å². The molecule has 1 aliphatic rings. The number of amides is 1. The van der Waals surface area contributed by atoms with Gasteiger partial charge in [0.15, 0.2) is 5.82 Å². The van der Waals surface area contributed by atoms with Crippen LogP contribution in [0.2, 0.25) is 5.02 Å². The van der Waals surface area contributed by atoms with Crippen molar-refractivity contribution < 1.29 is 9.32 Å². The molecule has 2 aromatic rings. The third kappa shape index (κ3) is 3.45. The maximum absolute atomic E-state index is 12.4. The Bertz CT molecular complexity index is 648. The first-order chi connectivity index (χ1) is 10.6. The first-order valence-electron chi connectivity index (χ1n) is 7.18. The largest absolute Gasteiger partial charge is 0.338 e. The molecule has 2 heterocycles. The summed E-state index contributed by atoms with van der Waals surface area (Å²) in [6.07, 6.45) is 0. The van der Waals surface area contributed by atoms with Crippen LogP contribution in [0.3, 0.4) is 0 Å². The highest BCUT2D eigenvalue weighted by atomic mass is 35.5. The second-order valence-corrected chi connectivity index (χ2v) is 5.75. The fourth-order valence-electron chi connectivity index (χ4n) is 2.48. The number of nitrogens with zero attached hydrogens (tertiary/aromatic N) is 4. The van der Waals surface area contributed by atoms with Crippen LogP contribution in [0.15, 0.2) is 28.8 Å². The average Bonchev–Trinajstić information content (AvgIpc) is 2.93. The number of carbonyl (C=O) groups excluding carboxylic acids is 1. The lowest BCUT2D eigenvalue weighted by Gasteiger charge is -2.34. The molecule has 1 fully saturated rings. The van der Waals surface area contributed by atoms with Gasteiger partial charge in [0.1, 0.15) is 0 Å². The average molecular weight is 321 g/mol. The summed E-state index contributed by atoms with van der Waals surface area (Å²) < 4.78 is 5.13. The van der Waals surface area contributed by atoms with E-state index in [2.05, 4.69) is 15.0 Å². The van der Waals surface area contributed by atoms with Crippen molar-refractivity contribution in [1.82, 2.24) is 19.9 Å². The Kier molecular flexibility index (Phi) is 4.40. The van der Waals surface area contributed by atoms with Crippen molar-refractivity contribution in [2.24, 2.45) is 0 Å². The third-order valence-corrected chi connectivity index (χ3v) is 3.93. The van der Waals surface area contributed by atoms with Gasteiger partial charge in [-0.15, -0.1) is 0 Å². The molecule has 1 aromatic heterocycles. The topological polar surface area (TPSA) is 62.5 Å². The van der Waals surface area contributed by atoms with Crippen molar-refractivity contribution in [3.05, 3.63) is 46.6 Å². The van der Waals surface area contributed by atoms with E-state index in [4.69, 9.17) is 16.1 Å². The summed E-state index contributed by atoms with van der Waals surface area (Å²) in [4.78, 5) is 20.7. The van der Waals surface area contributed by atoms with Gasteiger partial charge < -0.3 is 9.42 Å². The molecule has 0 aliphatic carbocycles. The number of carbonyl (C=O) groups is 1. The molecule has 7 heteroatoms. The zero-order valence-electron chi connectivity index (χ0n) is 12.3. The van der Waals surface area contributed by atoms with E-state index >= 15 is 0 Å². The van der Waals surface area contributed by atoms with Gasteiger partial charge in [-0.2, -0.15) is 4.98 Å². The molecular formula is C15H17ClN4O2. The molecule has 22 heavy (non-hydrogen) atoms. The van der Waals surface area contributed by atoms with Crippen LogP contribution in [0, 0.1) is 6.92 Å². The number of halogens is 1. The summed E-state index contributed by atoms with van der Waals surface area (Å²) in [5.74, 6) is 1.31. The van der Waals surface area contributed by atoms with Crippen molar-refractivity contribution in [1.29, 1.82) is 0 Å². The monoisotopic (exact) mass is 320 g/mol. The number of benzene rings is 1. The van der Waals surface area contributed by atoms with Crippen LogP contribution in [-0.2, 0) is 6.54 Å². The molecular weight excluding hydrogens is 304 g/mol. The molecule has 0 saturated carbocycles. The summed E-state index contributed by atoms with van der Waals surface area (Å²) in [6, 6.07) is 7.00. The highest BCUT2D eigenvalue weighted by Crippen LogP contribution is 2.14. The van der Waals surface area contributed by atoms with Crippen LogP contribution in [0.25, 0.3) is 0 Å². The van der Waals surface area contributed by atoms with Crippen LogP contribution >= 0.6 is 11.6 Å². The Morgan fingerprint density at radius 1 is 1.23 bits per heavy atom. The van der Waals surface area contributed by atoms with Crippen LogP contribution in [0.1, 0.15) is 22.1 Å². The Morgan fingerprint density at radius 3 is 2.50 bits per heavy atom. The van der Waals surface area contributed by atoms with Gasteiger partial charge in [0.25, 0.3) is 5.91 Å². The molecule has 0 radical (unpaired) electrons. The quantitative estimate of drug-likeness (QED) is 0.865. The molecule has 3 rings (SSSR count). The molecule has 0 unspecified atom stereocenters. The van der Waals surface area contributed by atoms with Crippen LogP contribution < -0.4 is 0 Å². The highest BCUT2D eigenvalue weighted by molar-refractivity contribution is 6.30. The van der Waals surface area contributed by atoms with E-state index < -0.39 is 0 Å². The molecule has 6 nitrogen and oxygen atoms in total. The smallest absolute Gasteiger partial charge is 0.253 e. The number of aromatic nitrogens is 2. The molecule has 116 valence electrons. The van der Waals surface area contributed by atoms with Gasteiger partial charge in [0.05, 0.1) is 6.54 Å². The van der Waals surface area contributed by atoms with Crippen molar-refractivity contribution in [2.45, 2.75) is 13.5 Å². The summed E-state index contributed by atoms with van der Waals surface area (Å²) >= 11 is 5.85. The third-order valence-electron chi connectivity index (χ3n) is 3.68. The fourth-order valence-corrected chi connectivity index (χ4v) is 2.61. The number of aryl methyl sites for hydroxylation is 1. The zero-order chi connectivity index (χ0) is 15.5. The summed E-state index contributed by atoms with van der Waals surface area (Å²) in [5, 5.41) is 4.42. The van der Waals surface area contributed by atoms with Gasteiger partial charge in [-0.3, -0.25) is 9.69 Å². The van der Waals surface area contributed by atoms with Gasteiger partial charge in [0, 0.05) is 36.8 Å². The predicted octanol–water partition coefficient (Wildman–Crippen LogP) is 1.99.